The molecule has 1 fully saturated rings. The van der Waals surface area contributed by atoms with E-state index in [2.05, 4.69) is 48.1 Å². The number of nitrogens with one attached hydrogen (secondary N) is 1. The molecule has 0 aliphatic heterocycles. The number of halogens is 1. The average molecular weight is 474 g/mol. The third kappa shape index (κ3) is 4.75. The molecule has 8 heteroatoms. The number of nitrogens with zero attached hydrogens (tertiary/aromatic N) is 6. The summed E-state index contributed by atoms with van der Waals surface area (Å²) in [5.41, 5.74) is 3.27. The lowest BCUT2D eigenvalue weighted by Gasteiger charge is -2.25. The summed E-state index contributed by atoms with van der Waals surface area (Å²) in [5.74, 6) is 1.70. The molecule has 1 aliphatic carbocycles. The minimum atomic E-state index is -0.282. The second-order valence-corrected chi connectivity index (χ2v) is 9.12. The molecule has 4 aromatic rings. The summed E-state index contributed by atoms with van der Waals surface area (Å²) < 4.78 is 15.7. The molecule has 1 atom stereocenters. The standard InChI is InChI=1S/C27H32FN7/c1-4-34(5-2)18(3)22-14-15-23-25(31-22)33-26(19-10-12-20(28)13-11-19)35(23)24-16-17-29-27(32-24)30-21-8-6-7-9-21/h10-18,21H,4-9H2,1-3H3,(H,29,30,32). The van der Waals surface area contributed by atoms with E-state index < -0.39 is 0 Å². The Kier molecular flexibility index (Phi) is 6.72. The molecule has 5 rings (SSSR count). The van der Waals surface area contributed by atoms with Crippen LogP contribution in [0.1, 0.15) is 58.2 Å². The monoisotopic (exact) mass is 473 g/mol. The summed E-state index contributed by atoms with van der Waals surface area (Å²) in [6, 6.07) is 13.0. The summed E-state index contributed by atoms with van der Waals surface area (Å²) >= 11 is 0. The van der Waals surface area contributed by atoms with Crippen molar-refractivity contribution >= 4 is 17.1 Å². The first-order valence-electron chi connectivity index (χ1n) is 12.6. The number of imidazole rings is 1. The molecule has 1 aliphatic rings. The SMILES string of the molecule is CCN(CC)C(C)c1ccc2c(n1)nc(-c1ccc(F)cc1)n2-c1ccnc(NC2CCCC2)n1. The van der Waals surface area contributed by atoms with E-state index in [-0.39, 0.29) is 11.9 Å². The zero-order chi connectivity index (χ0) is 24.4. The lowest BCUT2D eigenvalue weighted by molar-refractivity contribution is 0.230. The summed E-state index contributed by atoms with van der Waals surface area (Å²) in [6.07, 6.45) is 6.51. The Hall–Kier alpha value is -3.39. The fraction of sp³-hybridized carbons (Fsp3) is 0.407. The minimum absolute atomic E-state index is 0.176. The third-order valence-electron chi connectivity index (χ3n) is 6.99. The van der Waals surface area contributed by atoms with Crippen LogP contribution in [0.15, 0.2) is 48.7 Å². The molecular formula is C27H32FN7. The van der Waals surface area contributed by atoms with Crippen molar-refractivity contribution in [1.82, 2.24) is 29.4 Å². The maximum absolute atomic E-state index is 13.7. The van der Waals surface area contributed by atoms with Crippen LogP contribution in [-0.2, 0) is 0 Å². The highest BCUT2D eigenvalue weighted by atomic mass is 19.1. The highest BCUT2D eigenvalue weighted by Gasteiger charge is 2.21. The van der Waals surface area contributed by atoms with E-state index in [1.165, 1.54) is 25.0 Å². The molecule has 0 saturated heterocycles. The van der Waals surface area contributed by atoms with Crippen LogP contribution in [0.4, 0.5) is 10.3 Å². The van der Waals surface area contributed by atoms with E-state index in [1.807, 2.05) is 10.6 Å². The van der Waals surface area contributed by atoms with Crippen molar-refractivity contribution in [3.8, 4) is 17.2 Å². The van der Waals surface area contributed by atoms with Crippen LogP contribution >= 0.6 is 0 Å². The Morgan fingerprint density at radius 1 is 1.00 bits per heavy atom. The van der Waals surface area contributed by atoms with Crippen LogP contribution in [0.3, 0.4) is 0 Å². The lowest BCUT2D eigenvalue weighted by atomic mass is 10.2. The second kappa shape index (κ2) is 10.1. The fourth-order valence-electron chi connectivity index (χ4n) is 4.99. The van der Waals surface area contributed by atoms with Gasteiger partial charge in [-0.2, -0.15) is 4.98 Å². The van der Waals surface area contributed by atoms with E-state index in [0.29, 0.717) is 29.3 Å². The molecule has 0 bridgehead atoms. The van der Waals surface area contributed by atoms with Crippen LogP contribution in [0.5, 0.6) is 0 Å². The maximum atomic E-state index is 13.7. The third-order valence-corrected chi connectivity index (χ3v) is 6.99. The molecular weight excluding hydrogens is 441 g/mol. The molecule has 35 heavy (non-hydrogen) atoms. The molecule has 0 spiro atoms. The minimum Gasteiger partial charge on any atom is -0.351 e. The number of pyridine rings is 1. The van der Waals surface area contributed by atoms with Gasteiger partial charge in [0.25, 0.3) is 0 Å². The highest BCUT2D eigenvalue weighted by Crippen LogP contribution is 2.30. The van der Waals surface area contributed by atoms with E-state index in [4.69, 9.17) is 15.0 Å². The zero-order valence-electron chi connectivity index (χ0n) is 20.6. The Bertz CT molecular complexity index is 1290. The van der Waals surface area contributed by atoms with Crippen molar-refractivity contribution in [3.63, 3.8) is 0 Å². The molecule has 182 valence electrons. The Labute approximate surface area is 205 Å². The number of aromatic nitrogens is 5. The molecule has 1 N–H and O–H groups in total. The molecule has 0 radical (unpaired) electrons. The number of anilines is 1. The lowest BCUT2D eigenvalue weighted by Crippen LogP contribution is -2.27. The number of benzene rings is 1. The van der Waals surface area contributed by atoms with Crippen LogP contribution in [0.2, 0.25) is 0 Å². The summed E-state index contributed by atoms with van der Waals surface area (Å²) in [5, 5.41) is 3.48. The molecule has 7 nitrogen and oxygen atoms in total. The topological polar surface area (TPSA) is 71.8 Å². The average Bonchev–Trinajstić information content (AvgIpc) is 3.52. The van der Waals surface area contributed by atoms with Crippen molar-refractivity contribution in [3.05, 3.63) is 60.2 Å². The van der Waals surface area contributed by atoms with Crippen molar-refractivity contribution in [1.29, 1.82) is 0 Å². The molecule has 3 heterocycles. The van der Waals surface area contributed by atoms with Gasteiger partial charge in [-0.25, -0.2) is 19.3 Å². The largest absolute Gasteiger partial charge is 0.351 e. The fourth-order valence-corrected chi connectivity index (χ4v) is 4.99. The van der Waals surface area contributed by atoms with Crippen molar-refractivity contribution in [2.24, 2.45) is 0 Å². The van der Waals surface area contributed by atoms with Gasteiger partial charge in [0.15, 0.2) is 5.65 Å². The van der Waals surface area contributed by atoms with E-state index >= 15 is 0 Å². The molecule has 1 saturated carbocycles. The van der Waals surface area contributed by atoms with Gasteiger partial charge in [0.1, 0.15) is 17.5 Å². The number of hydrogen-bond donors (Lipinski definition) is 1. The summed E-state index contributed by atoms with van der Waals surface area (Å²) in [6.45, 7) is 8.39. The molecule has 1 unspecified atom stereocenters. The first kappa shape index (κ1) is 23.4. The number of hydrogen-bond acceptors (Lipinski definition) is 6. The van der Waals surface area contributed by atoms with Crippen LogP contribution in [0, 0.1) is 5.82 Å². The van der Waals surface area contributed by atoms with Crippen LogP contribution in [0.25, 0.3) is 28.4 Å². The first-order chi connectivity index (χ1) is 17.1. The molecule has 0 amide bonds. The highest BCUT2D eigenvalue weighted by molar-refractivity contribution is 5.80. The van der Waals surface area contributed by atoms with Gasteiger partial charge in [-0.05, 0) is 75.3 Å². The van der Waals surface area contributed by atoms with E-state index in [9.17, 15) is 4.39 Å². The maximum Gasteiger partial charge on any atom is 0.224 e. The smallest absolute Gasteiger partial charge is 0.224 e. The van der Waals surface area contributed by atoms with Gasteiger partial charge in [0, 0.05) is 23.8 Å². The van der Waals surface area contributed by atoms with Gasteiger partial charge in [0.05, 0.1) is 11.2 Å². The van der Waals surface area contributed by atoms with E-state index in [0.717, 1.165) is 42.7 Å². The van der Waals surface area contributed by atoms with Crippen LogP contribution in [-0.4, -0.2) is 48.5 Å². The van der Waals surface area contributed by atoms with Gasteiger partial charge in [-0.3, -0.25) is 9.47 Å². The van der Waals surface area contributed by atoms with Gasteiger partial charge in [0.2, 0.25) is 5.95 Å². The van der Waals surface area contributed by atoms with Crippen molar-refractivity contribution in [2.45, 2.75) is 58.5 Å². The normalized spacial score (nSPS) is 15.2. The van der Waals surface area contributed by atoms with Gasteiger partial charge in [-0.1, -0.05) is 26.7 Å². The van der Waals surface area contributed by atoms with Gasteiger partial charge < -0.3 is 5.32 Å². The first-order valence-corrected chi connectivity index (χ1v) is 12.6. The Morgan fingerprint density at radius 2 is 1.74 bits per heavy atom. The molecule has 3 aromatic heterocycles. The van der Waals surface area contributed by atoms with Crippen LogP contribution < -0.4 is 5.32 Å². The summed E-state index contributed by atoms with van der Waals surface area (Å²) in [4.78, 5) is 21.5. The number of rotatable bonds is 8. The van der Waals surface area contributed by atoms with Crippen molar-refractivity contribution in [2.75, 3.05) is 18.4 Å². The summed E-state index contributed by atoms with van der Waals surface area (Å²) in [7, 11) is 0. The Balaban J connectivity index is 1.62. The number of fused-ring (bicyclic) bond motifs is 1. The predicted molar refractivity (Wildman–Crippen MR) is 137 cm³/mol. The Morgan fingerprint density at radius 3 is 2.46 bits per heavy atom. The zero-order valence-corrected chi connectivity index (χ0v) is 20.6. The molecule has 1 aromatic carbocycles. The van der Waals surface area contributed by atoms with E-state index in [1.54, 1.807) is 18.3 Å². The predicted octanol–water partition coefficient (Wildman–Crippen LogP) is 5.77. The quantitative estimate of drug-likeness (QED) is 0.350. The van der Waals surface area contributed by atoms with Gasteiger partial charge >= 0.3 is 0 Å². The van der Waals surface area contributed by atoms with Gasteiger partial charge in [-0.15, -0.1) is 0 Å². The van der Waals surface area contributed by atoms with Crippen molar-refractivity contribution < 1.29 is 4.39 Å². The second-order valence-electron chi connectivity index (χ2n) is 9.12.